The number of rotatable bonds is 2. The molecule has 1 amide bonds. The van der Waals surface area contributed by atoms with Crippen molar-refractivity contribution in [1.29, 1.82) is 0 Å². The second kappa shape index (κ2) is 6.70. The van der Waals surface area contributed by atoms with Crippen molar-refractivity contribution in [3.63, 3.8) is 0 Å². The summed E-state index contributed by atoms with van der Waals surface area (Å²) < 4.78 is 0.911. The maximum absolute atomic E-state index is 12.0. The zero-order chi connectivity index (χ0) is 18.4. The molecule has 3 heterocycles. The van der Waals surface area contributed by atoms with Crippen LogP contribution in [0.2, 0.25) is 10.0 Å². The largest absolute Gasteiger partial charge is 0.387 e. The van der Waals surface area contributed by atoms with Gasteiger partial charge in [-0.15, -0.1) is 11.3 Å². The number of amides is 1. The molecule has 0 radical (unpaired) electrons. The summed E-state index contributed by atoms with van der Waals surface area (Å²) in [5.41, 5.74) is 8.56. The predicted octanol–water partition coefficient (Wildman–Crippen LogP) is 3.73. The minimum atomic E-state index is -0.487. The molecular weight excluding hydrogens is 393 g/mol. The highest BCUT2D eigenvalue weighted by Crippen LogP contribution is 2.46. The van der Waals surface area contributed by atoms with Gasteiger partial charge >= 0.3 is 0 Å². The molecule has 3 N–H and O–H groups in total. The molecule has 0 atom stereocenters. The van der Waals surface area contributed by atoms with Crippen LogP contribution in [0.25, 0.3) is 21.2 Å². The average molecular weight is 408 g/mol. The van der Waals surface area contributed by atoms with E-state index in [-0.39, 0.29) is 5.91 Å². The molecule has 0 bridgehead atoms. The maximum atomic E-state index is 12.0. The van der Waals surface area contributed by atoms with Crippen molar-refractivity contribution in [3.05, 3.63) is 44.9 Å². The number of carbonyl (C=O) groups is 1. The van der Waals surface area contributed by atoms with Gasteiger partial charge in [-0.05, 0) is 35.7 Å². The quantitative estimate of drug-likeness (QED) is 0.677. The van der Waals surface area contributed by atoms with Gasteiger partial charge in [-0.25, -0.2) is 4.98 Å². The number of aromatic nitrogens is 1. The number of anilines is 1. The molecular formula is C18H15Cl2N3O2S. The Labute approximate surface area is 164 Å². The van der Waals surface area contributed by atoms with Crippen LogP contribution in [0.4, 0.5) is 5.82 Å². The number of fused-ring (bicyclic) bond motifs is 3. The lowest BCUT2D eigenvalue weighted by molar-refractivity contribution is -0.135. The molecule has 5 nitrogen and oxygen atoms in total. The highest BCUT2D eigenvalue weighted by molar-refractivity contribution is 7.20. The van der Waals surface area contributed by atoms with Gasteiger partial charge in [0.2, 0.25) is 5.91 Å². The van der Waals surface area contributed by atoms with Gasteiger partial charge < -0.3 is 15.7 Å². The van der Waals surface area contributed by atoms with Crippen molar-refractivity contribution < 1.29 is 9.90 Å². The van der Waals surface area contributed by atoms with E-state index in [0.717, 1.165) is 33.2 Å². The third kappa shape index (κ3) is 2.83. The van der Waals surface area contributed by atoms with E-state index in [4.69, 9.17) is 28.9 Å². The Balaban J connectivity index is 1.95. The molecule has 0 fully saturated rings. The lowest BCUT2D eigenvalue weighted by Gasteiger charge is -2.27. The first kappa shape index (κ1) is 17.5. The summed E-state index contributed by atoms with van der Waals surface area (Å²) in [6.07, 6.45) is 2.44. The molecule has 1 aliphatic rings. The van der Waals surface area contributed by atoms with Gasteiger partial charge in [0.05, 0.1) is 14.7 Å². The van der Waals surface area contributed by atoms with E-state index in [1.807, 2.05) is 12.1 Å². The Morgan fingerprint density at radius 1 is 1.38 bits per heavy atom. The number of halogens is 2. The predicted molar refractivity (Wildman–Crippen MR) is 106 cm³/mol. The van der Waals surface area contributed by atoms with Crippen LogP contribution in [0.3, 0.4) is 0 Å². The van der Waals surface area contributed by atoms with Crippen LogP contribution in [0, 0.1) is 0 Å². The molecule has 0 saturated heterocycles. The molecule has 134 valence electrons. The van der Waals surface area contributed by atoms with Gasteiger partial charge in [-0.3, -0.25) is 4.79 Å². The zero-order valence-electron chi connectivity index (χ0n) is 13.6. The summed E-state index contributed by atoms with van der Waals surface area (Å²) >= 11 is 14.5. The number of benzene rings is 1. The maximum Gasteiger partial charge on any atom is 0.248 e. The molecule has 26 heavy (non-hydrogen) atoms. The summed E-state index contributed by atoms with van der Waals surface area (Å²) in [4.78, 5) is 19.0. The first-order chi connectivity index (χ1) is 12.5. The molecule has 2 aromatic heterocycles. The number of nitrogen functional groups attached to an aromatic ring is 1. The Morgan fingerprint density at radius 3 is 2.88 bits per heavy atom. The van der Waals surface area contributed by atoms with E-state index in [1.54, 1.807) is 28.5 Å². The topological polar surface area (TPSA) is 79.5 Å². The first-order valence-corrected chi connectivity index (χ1v) is 9.59. The SMILES string of the molecule is Nc1ccc(-c2cc(Cl)c(Cl)c3sc4c(c23)CN(C(=O)CO)CC4)cn1. The third-order valence-electron chi connectivity index (χ3n) is 4.58. The number of pyridine rings is 1. The number of nitrogens with two attached hydrogens (primary N) is 1. The molecule has 0 saturated carbocycles. The number of aliphatic hydroxyl groups excluding tert-OH is 1. The van der Waals surface area contributed by atoms with Crippen molar-refractivity contribution in [2.24, 2.45) is 0 Å². The number of nitrogens with zero attached hydrogens (tertiary/aromatic N) is 2. The molecule has 1 aromatic carbocycles. The van der Waals surface area contributed by atoms with Gasteiger partial charge in [-0.2, -0.15) is 0 Å². The molecule has 0 unspecified atom stereocenters. The Kier molecular flexibility index (Phi) is 4.52. The Bertz CT molecular complexity index is 1020. The second-order valence-corrected chi connectivity index (χ2v) is 8.01. The minimum absolute atomic E-state index is 0.272. The van der Waals surface area contributed by atoms with Crippen molar-refractivity contribution in [1.82, 2.24) is 9.88 Å². The van der Waals surface area contributed by atoms with E-state index in [2.05, 4.69) is 4.98 Å². The van der Waals surface area contributed by atoms with E-state index < -0.39 is 6.61 Å². The van der Waals surface area contributed by atoms with Gasteiger partial charge in [-0.1, -0.05) is 23.2 Å². The summed E-state index contributed by atoms with van der Waals surface area (Å²) in [6.45, 7) is 0.546. The van der Waals surface area contributed by atoms with Crippen LogP contribution < -0.4 is 5.73 Å². The lowest BCUT2D eigenvalue weighted by atomic mass is 9.97. The monoisotopic (exact) mass is 407 g/mol. The Morgan fingerprint density at radius 2 is 2.19 bits per heavy atom. The normalized spacial score (nSPS) is 13.9. The zero-order valence-corrected chi connectivity index (χ0v) is 16.0. The van der Waals surface area contributed by atoms with E-state index in [1.165, 1.54) is 4.88 Å². The Hall–Kier alpha value is -1.86. The lowest BCUT2D eigenvalue weighted by Crippen LogP contribution is -2.37. The third-order valence-corrected chi connectivity index (χ3v) is 6.79. The molecule has 1 aliphatic heterocycles. The van der Waals surface area contributed by atoms with Crippen molar-refractivity contribution in [2.75, 3.05) is 18.9 Å². The average Bonchev–Trinajstić information content (AvgIpc) is 3.04. The summed E-state index contributed by atoms with van der Waals surface area (Å²) in [7, 11) is 0. The molecule has 3 aromatic rings. The summed E-state index contributed by atoms with van der Waals surface area (Å²) in [5.74, 6) is 0.169. The van der Waals surface area contributed by atoms with Gasteiger partial charge in [0, 0.05) is 35.1 Å². The fraction of sp³-hybridized carbons (Fsp3) is 0.222. The highest BCUT2D eigenvalue weighted by atomic mass is 35.5. The first-order valence-electron chi connectivity index (χ1n) is 8.02. The summed E-state index contributed by atoms with van der Waals surface area (Å²) in [6, 6.07) is 5.47. The van der Waals surface area contributed by atoms with Crippen LogP contribution in [0.15, 0.2) is 24.4 Å². The van der Waals surface area contributed by atoms with Crippen molar-refractivity contribution in [3.8, 4) is 11.1 Å². The van der Waals surface area contributed by atoms with Gasteiger partial charge in [0.1, 0.15) is 12.4 Å². The number of hydrogen-bond donors (Lipinski definition) is 2. The fourth-order valence-electron chi connectivity index (χ4n) is 3.30. The van der Waals surface area contributed by atoms with Crippen molar-refractivity contribution >= 4 is 56.3 Å². The minimum Gasteiger partial charge on any atom is -0.387 e. The van der Waals surface area contributed by atoms with E-state index in [9.17, 15) is 9.90 Å². The number of thiophene rings is 1. The van der Waals surface area contributed by atoms with Gasteiger partial charge in [0.15, 0.2) is 0 Å². The smallest absolute Gasteiger partial charge is 0.248 e. The molecule has 8 heteroatoms. The van der Waals surface area contributed by atoms with Crippen LogP contribution in [-0.4, -0.2) is 34.0 Å². The van der Waals surface area contributed by atoms with E-state index >= 15 is 0 Å². The molecule has 0 spiro atoms. The van der Waals surface area contributed by atoms with Crippen LogP contribution >= 0.6 is 34.5 Å². The highest BCUT2D eigenvalue weighted by Gasteiger charge is 2.27. The van der Waals surface area contributed by atoms with Crippen LogP contribution in [-0.2, 0) is 17.8 Å². The van der Waals surface area contributed by atoms with E-state index in [0.29, 0.717) is 29.0 Å². The second-order valence-electron chi connectivity index (χ2n) is 6.12. The molecule has 4 rings (SSSR count). The van der Waals surface area contributed by atoms with Crippen LogP contribution in [0.1, 0.15) is 10.4 Å². The fourth-order valence-corrected chi connectivity index (χ4v) is 5.09. The molecule has 0 aliphatic carbocycles. The van der Waals surface area contributed by atoms with Gasteiger partial charge in [0.25, 0.3) is 0 Å². The summed E-state index contributed by atoms with van der Waals surface area (Å²) in [5, 5.41) is 11.2. The number of aliphatic hydroxyl groups is 1. The van der Waals surface area contributed by atoms with Crippen LogP contribution in [0.5, 0.6) is 0 Å². The number of carbonyl (C=O) groups excluding carboxylic acids is 1. The standard InChI is InChI=1S/C18H15Cl2N3O2S/c19-12-5-10(9-1-2-14(21)22-6-9)16-11-7-23(15(25)8-24)4-3-13(11)26-18(16)17(12)20/h1-2,5-6,24H,3-4,7-8H2,(H2,21,22). The number of hydrogen-bond acceptors (Lipinski definition) is 5. The van der Waals surface area contributed by atoms with Crippen molar-refractivity contribution in [2.45, 2.75) is 13.0 Å².